The Morgan fingerprint density at radius 1 is 0.412 bits per heavy atom. The summed E-state index contributed by atoms with van der Waals surface area (Å²) in [5, 5.41) is 26.2. The van der Waals surface area contributed by atoms with E-state index in [2.05, 4.69) is 10.6 Å². The molecule has 338 valence electrons. The van der Waals surface area contributed by atoms with E-state index in [1.807, 2.05) is 37.3 Å². The number of rotatable bonds is 16. The maximum atomic E-state index is 15.3. The minimum absolute atomic E-state index is 0.0625. The molecule has 1 unspecified atom stereocenters. The number of carbonyl (C=O) groups excluding carboxylic acids is 2. The molecule has 0 aromatic heterocycles. The molecule has 2 amide bonds. The summed E-state index contributed by atoms with van der Waals surface area (Å²) < 4.78 is 39.2. The summed E-state index contributed by atoms with van der Waals surface area (Å²) >= 11 is 0. The number of carboxylic acid groups (broad SMARTS) is 2. The highest BCUT2D eigenvalue weighted by atomic mass is 31.2. The number of carboxylic acids is 2. The molecule has 8 aromatic carbocycles. The number of carbonyl (C=O) groups is 4. The van der Waals surface area contributed by atoms with Crippen LogP contribution in [0.3, 0.4) is 0 Å². The largest absolute Gasteiger partial charge is 0.478 e. The average Bonchev–Trinajstić information content (AvgIpc) is 3.36. The lowest BCUT2D eigenvalue weighted by Crippen LogP contribution is -2.24. The molecule has 0 saturated carbocycles. The fourth-order valence-electron chi connectivity index (χ4n) is 7.12. The van der Waals surface area contributed by atoms with Gasteiger partial charge in [0.05, 0.1) is 22.3 Å². The zero-order chi connectivity index (χ0) is 47.8. The molecule has 0 bridgehead atoms. The third-order valence-corrected chi connectivity index (χ3v) is 13.7. The summed E-state index contributed by atoms with van der Waals surface area (Å²) in [5.74, 6) is -0.245. The minimum atomic E-state index is -3.49. The molecule has 0 spiro atoms. The Kier molecular flexibility index (Phi) is 13.5. The molecule has 0 aliphatic heterocycles. The molecule has 0 saturated heterocycles. The number of aromatic carboxylic acids is 2. The van der Waals surface area contributed by atoms with E-state index >= 15 is 4.57 Å². The molecule has 13 nitrogen and oxygen atoms in total. The first kappa shape index (κ1) is 45.6. The van der Waals surface area contributed by atoms with Gasteiger partial charge < -0.3 is 44.4 Å². The van der Waals surface area contributed by atoms with E-state index in [0.717, 1.165) is 11.3 Å². The van der Waals surface area contributed by atoms with Crippen LogP contribution in [0.2, 0.25) is 0 Å². The molecular formula is C54H41N2O11P. The summed E-state index contributed by atoms with van der Waals surface area (Å²) in [7, 11) is -2.09. The van der Waals surface area contributed by atoms with Crippen molar-refractivity contribution in [2.45, 2.75) is 6.92 Å². The Morgan fingerprint density at radius 2 is 0.750 bits per heavy atom. The van der Waals surface area contributed by atoms with E-state index in [9.17, 15) is 29.4 Å². The van der Waals surface area contributed by atoms with Crippen LogP contribution in [0.1, 0.15) is 47.0 Å². The highest BCUT2D eigenvalue weighted by Crippen LogP contribution is 2.43. The second-order valence-electron chi connectivity index (χ2n) is 15.2. The predicted molar refractivity (Wildman–Crippen MR) is 258 cm³/mol. The van der Waals surface area contributed by atoms with Crippen LogP contribution in [0.25, 0.3) is 0 Å². The third kappa shape index (κ3) is 10.4. The van der Waals surface area contributed by atoms with Crippen molar-refractivity contribution in [3.05, 3.63) is 216 Å². The van der Waals surface area contributed by atoms with Crippen molar-refractivity contribution in [1.29, 1.82) is 0 Å². The Balaban J connectivity index is 0.952. The van der Waals surface area contributed by atoms with Crippen molar-refractivity contribution in [1.82, 2.24) is 5.32 Å². The van der Waals surface area contributed by atoms with Gasteiger partial charge in [-0.25, -0.2) is 9.59 Å². The van der Waals surface area contributed by atoms with Crippen molar-refractivity contribution in [3.8, 4) is 46.0 Å². The van der Waals surface area contributed by atoms with Gasteiger partial charge in [-0.1, -0.05) is 48.0 Å². The van der Waals surface area contributed by atoms with Gasteiger partial charge in [0, 0.05) is 28.6 Å². The van der Waals surface area contributed by atoms with E-state index in [-0.39, 0.29) is 33.8 Å². The van der Waals surface area contributed by atoms with Crippen molar-refractivity contribution >= 4 is 52.5 Å². The maximum absolute atomic E-state index is 15.3. The molecular weight excluding hydrogens is 884 g/mol. The van der Waals surface area contributed by atoms with Crippen molar-refractivity contribution in [3.63, 3.8) is 0 Å². The van der Waals surface area contributed by atoms with Gasteiger partial charge in [0.15, 0.2) is 7.14 Å². The molecule has 8 rings (SSSR count). The normalized spacial score (nSPS) is 11.6. The number of nitrogens with one attached hydrogen (secondary N) is 2. The van der Waals surface area contributed by atoms with E-state index in [4.69, 9.17) is 18.9 Å². The fourth-order valence-corrected chi connectivity index (χ4v) is 9.75. The van der Waals surface area contributed by atoms with E-state index in [1.54, 1.807) is 121 Å². The molecule has 1 atom stereocenters. The summed E-state index contributed by atoms with van der Waals surface area (Å²) in [4.78, 5) is 49.9. The molecule has 0 radical (unpaired) electrons. The third-order valence-electron chi connectivity index (χ3n) is 10.6. The molecule has 68 heavy (non-hydrogen) atoms. The van der Waals surface area contributed by atoms with Crippen molar-refractivity contribution < 1.29 is 52.9 Å². The van der Waals surface area contributed by atoms with E-state index in [0.29, 0.717) is 50.3 Å². The Labute approximate surface area is 390 Å². The smallest absolute Gasteiger partial charge is 0.336 e. The number of ether oxygens (including phenoxy) is 4. The Morgan fingerprint density at radius 3 is 1.16 bits per heavy atom. The topological polar surface area (TPSA) is 187 Å². The average molecular weight is 925 g/mol. The lowest BCUT2D eigenvalue weighted by molar-refractivity contribution is 0.0683. The van der Waals surface area contributed by atoms with Gasteiger partial charge in [-0.05, 0) is 153 Å². The zero-order valence-corrected chi connectivity index (χ0v) is 37.3. The molecule has 0 aliphatic carbocycles. The van der Waals surface area contributed by atoms with Gasteiger partial charge in [0.2, 0.25) is 0 Å². The molecule has 0 aliphatic rings. The predicted octanol–water partition coefficient (Wildman–Crippen LogP) is 10.8. The number of aryl methyl sites for hydroxylation is 1. The van der Waals surface area contributed by atoms with Gasteiger partial charge in [0.1, 0.15) is 46.0 Å². The van der Waals surface area contributed by atoms with Gasteiger partial charge >= 0.3 is 11.9 Å². The highest BCUT2D eigenvalue weighted by molar-refractivity contribution is 7.85. The van der Waals surface area contributed by atoms with Crippen LogP contribution in [-0.2, 0) is 4.57 Å². The second-order valence-corrected chi connectivity index (χ2v) is 18.0. The summed E-state index contributed by atoms with van der Waals surface area (Å²) in [6.07, 6.45) is 0. The van der Waals surface area contributed by atoms with Crippen LogP contribution < -0.4 is 45.5 Å². The van der Waals surface area contributed by atoms with Gasteiger partial charge in [-0.2, -0.15) is 0 Å². The standard InChI is InChI=1S/C54H41N2O11P/c1-34-8-12-36(13-9-34)64-38-16-18-39(19-17-38)65-37-14-10-35(11-15-37)56-52(58)50-33-43(25-31-48(50)54(61)62)67-41-22-28-46(29-23-41)68(63,44-6-4-3-5-7-44)45-26-20-40(21-27-45)66-42-24-30-47(53(59)60)49(32-42)51(57)55-2/h3-33H,1-2H3,(H,55,57)(H,56,58)(H,59,60)(H,61,62). The summed E-state index contributed by atoms with van der Waals surface area (Å²) in [5.41, 5.74) is 0.932. The number of anilines is 1. The van der Waals surface area contributed by atoms with Gasteiger partial charge in [0.25, 0.3) is 11.8 Å². The summed E-state index contributed by atoms with van der Waals surface area (Å²) in [6, 6.07) is 51.9. The lowest BCUT2D eigenvalue weighted by Gasteiger charge is -2.21. The molecule has 0 fully saturated rings. The number of hydrogen-bond acceptors (Lipinski definition) is 9. The first-order chi connectivity index (χ1) is 32.9. The molecule has 14 heteroatoms. The van der Waals surface area contributed by atoms with Crippen LogP contribution in [0.15, 0.2) is 188 Å². The van der Waals surface area contributed by atoms with Gasteiger partial charge in [-0.15, -0.1) is 0 Å². The van der Waals surface area contributed by atoms with E-state index in [1.165, 1.54) is 43.4 Å². The summed E-state index contributed by atoms with van der Waals surface area (Å²) in [6.45, 7) is 2.01. The van der Waals surface area contributed by atoms with Gasteiger partial charge in [-0.3, -0.25) is 9.59 Å². The number of hydrogen-bond donors (Lipinski definition) is 4. The monoisotopic (exact) mass is 924 g/mol. The molecule has 4 N–H and O–H groups in total. The minimum Gasteiger partial charge on any atom is -0.478 e. The number of amides is 2. The number of benzene rings is 8. The zero-order valence-electron chi connectivity index (χ0n) is 36.4. The van der Waals surface area contributed by atoms with Crippen LogP contribution >= 0.6 is 7.14 Å². The SMILES string of the molecule is CNC(=O)c1cc(Oc2ccc(P(=O)(c3ccccc3)c3ccc(Oc4ccc(C(=O)O)c(C(=O)Nc5ccc(Oc6ccc(Oc7ccc(C)cc7)cc6)cc5)c4)cc3)cc2)ccc1C(=O)O. The molecule has 8 aromatic rings. The lowest BCUT2D eigenvalue weighted by atomic mass is 10.1. The van der Waals surface area contributed by atoms with Crippen LogP contribution in [0.4, 0.5) is 5.69 Å². The van der Waals surface area contributed by atoms with Crippen molar-refractivity contribution in [2.24, 2.45) is 0 Å². The first-order valence-corrected chi connectivity index (χ1v) is 22.7. The Hall–Kier alpha value is -8.93. The highest BCUT2D eigenvalue weighted by Gasteiger charge is 2.30. The van der Waals surface area contributed by atoms with Crippen LogP contribution in [0, 0.1) is 6.92 Å². The second kappa shape index (κ2) is 20.1. The molecule has 0 heterocycles. The maximum Gasteiger partial charge on any atom is 0.336 e. The van der Waals surface area contributed by atoms with E-state index < -0.39 is 30.9 Å². The van der Waals surface area contributed by atoms with Crippen molar-refractivity contribution in [2.75, 3.05) is 12.4 Å². The van der Waals surface area contributed by atoms with Crippen LogP contribution in [0.5, 0.6) is 46.0 Å². The first-order valence-electron chi connectivity index (χ1n) is 21.0. The quantitative estimate of drug-likeness (QED) is 0.0676. The Bertz CT molecular complexity index is 3180. The fraction of sp³-hybridized carbons (Fsp3) is 0.0370. The van der Waals surface area contributed by atoms with Crippen LogP contribution in [-0.4, -0.2) is 41.0 Å².